The van der Waals surface area contributed by atoms with Crippen LogP contribution in [0.4, 0.5) is 4.39 Å². The molecule has 0 atom stereocenters. The summed E-state index contributed by atoms with van der Waals surface area (Å²) >= 11 is 0. The molecule has 0 aliphatic carbocycles. The summed E-state index contributed by atoms with van der Waals surface area (Å²) in [6.45, 7) is 5.33. The molecule has 1 aromatic heterocycles. The molecule has 0 saturated heterocycles. The number of ether oxygens (including phenoxy) is 1. The molecule has 0 bridgehead atoms. The summed E-state index contributed by atoms with van der Waals surface area (Å²) in [4.78, 5) is 14.8. The van der Waals surface area contributed by atoms with Crippen molar-refractivity contribution in [2.75, 3.05) is 26.8 Å². The summed E-state index contributed by atoms with van der Waals surface area (Å²) in [6.07, 6.45) is 1.59. The number of carbonyl (C=O) groups excluding carboxylic acids is 1. The first-order valence-corrected chi connectivity index (χ1v) is 10.8. The lowest BCUT2D eigenvalue weighted by Gasteiger charge is -2.30. The number of amides is 1. The Morgan fingerprint density at radius 2 is 2.09 bits per heavy atom. The van der Waals surface area contributed by atoms with Gasteiger partial charge in [-0.05, 0) is 54.7 Å². The lowest BCUT2D eigenvalue weighted by molar-refractivity contribution is 0.0943. The van der Waals surface area contributed by atoms with Crippen LogP contribution in [0, 0.1) is 12.7 Å². The fourth-order valence-electron chi connectivity index (χ4n) is 4.14. The van der Waals surface area contributed by atoms with E-state index in [9.17, 15) is 9.18 Å². The van der Waals surface area contributed by atoms with E-state index in [1.807, 2.05) is 25.1 Å². The van der Waals surface area contributed by atoms with E-state index >= 15 is 0 Å². The van der Waals surface area contributed by atoms with Crippen LogP contribution < -0.4 is 5.32 Å². The molecule has 0 radical (unpaired) electrons. The first kappa shape index (κ1) is 22.1. The number of hydrogen-bond acceptors (Lipinski definition) is 5. The Kier molecular flexibility index (Phi) is 6.92. The van der Waals surface area contributed by atoms with Gasteiger partial charge >= 0.3 is 0 Å². The largest absolute Gasteiger partial charge is 0.385 e. The predicted octanol–water partition coefficient (Wildman–Crippen LogP) is 3.04. The Morgan fingerprint density at radius 3 is 2.91 bits per heavy atom. The predicted molar refractivity (Wildman–Crippen MR) is 119 cm³/mol. The number of aromatic nitrogens is 3. The Balaban J connectivity index is 1.50. The normalized spacial score (nSPS) is 13.7. The standard InChI is InChI=1S/C24H28FN5O2/c1-17-23(24(31)26-11-5-13-32-2)27-28-30(17)22-9-4-7-19-16-29(12-10-21(19)22)15-18-6-3-8-20(25)14-18/h3-4,6-9,14H,5,10-13,15-16H2,1-2H3,(H,26,31). The van der Waals surface area contributed by atoms with Crippen LogP contribution in [0.3, 0.4) is 0 Å². The van der Waals surface area contributed by atoms with Crippen molar-refractivity contribution in [3.05, 3.63) is 76.4 Å². The maximum atomic E-state index is 13.5. The van der Waals surface area contributed by atoms with Crippen molar-refractivity contribution in [1.29, 1.82) is 0 Å². The van der Waals surface area contributed by atoms with Crippen molar-refractivity contribution >= 4 is 5.91 Å². The van der Waals surface area contributed by atoms with Crippen LogP contribution in [0.25, 0.3) is 5.69 Å². The van der Waals surface area contributed by atoms with Gasteiger partial charge in [0, 0.05) is 39.9 Å². The van der Waals surface area contributed by atoms with Crippen LogP contribution in [0.15, 0.2) is 42.5 Å². The van der Waals surface area contributed by atoms with E-state index in [2.05, 4.69) is 26.6 Å². The highest BCUT2D eigenvalue weighted by Crippen LogP contribution is 2.27. The highest BCUT2D eigenvalue weighted by Gasteiger charge is 2.23. The first-order chi connectivity index (χ1) is 15.6. The number of nitrogens with one attached hydrogen (secondary N) is 1. The minimum atomic E-state index is -0.226. The smallest absolute Gasteiger partial charge is 0.273 e. The van der Waals surface area contributed by atoms with E-state index < -0.39 is 0 Å². The summed E-state index contributed by atoms with van der Waals surface area (Å²) in [5.74, 6) is -0.432. The second-order valence-electron chi connectivity index (χ2n) is 8.04. The molecule has 0 unspecified atom stereocenters. The number of methoxy groups -OCH3 is 1. The monoisotopic (exact) mass is 437 g/mol. The molecule has 0 spiro atoms. The molecular formula is C24H28FN5O2. The third kappa shape index (κ3) is 4.87. The van der Waals surface area contributed by atoms with Crippen molar-refractivity contribution in [3.63, 3.8) is 0 Å². The van der Waals surface area contributed by atoms with Gasteiger partial charge in [0.2, 0.25) is 0 Å². The van der Waals surface area contributed by atoms with Gasteiger partial charge in [-0.15, -0.1) is 5.10 Å². The number of carbonyl (C=O) groups is 1. The second kappa shape index (κ2) is 10.0. The van der Waals surface area contributed by atoms with Crippen molar-refractivity contribution in [2.45, 2.75) is 32.9 Å². The van der Waals surface area contributed by atoms with Crippen molar-refractivity contribution in [2.24, 2.45) is 0 Å². The SMILES string of the molecule is COCCCNC(=O)c1nnn(-c2cccc3c2CCN(Cc2cccc(F)c2)C3)c1C. The minimum Gasteiger partial charge on any atom is -0.385 e. The molecule has 1 amide bonds. The number of rotatable bonds is 8. The van der Waals surface area contributed by atoms with Crippen LogP contribution >= 0.6 is 0 Å². The zero-order valence-corrected chi connectivity index (χ0v) is 18.5. The molecule has 1 aliphatic heterocycles. The quantitative estimate of drug-likeness (QED) is 0.549. The number of benzene rings is 2. The van der Waals surface area contributed by atoms with E-state index in [0.717, 1.165) is 37.2 Å². The maximum Gasteiger partial charge on any atom is 0.273 e. The van der Waals surface area contributed by atoms with Gasteiger partial charge in [-0.25, -0.2) is 9.07 Å². The Hall–Kier alpha value is -3.10. The highest BCUT2D eigenvalue weighted by atomic mass is 19.1. The topological polar surface area (TPSA) is 72.3 Å². The van der Waals surface area contributed by atoms with Gasteiger partial charge in [0.05, 0.1) is 11.4 Å². The Morgan fingerprint density at radius 1 is 1.25 bits per heavy atom. The molecule has 0 saturated carbocycles. The zero-order chi connectivity index (χ0) is 22.5. The second-order valence-corrected chi connectivity index (χ2v) is 8.04. The van der Waals surface area contributed by atoms with Crippen LogP contribution in [0.1, 0.15) is 39.3 Å². The van der Waals surface area contributed by atoms with E-state index in [0.29, 0.717) is 31.1 Å². The molecule has 32 heavy (non-hydrogen) atoms. The molecule has 3 aromatic rings. The Labute approximate surface area is 187 Å². The molecule has 8 heteroatoms. The fourth-order valence-corrected chi connectivity index (χ4v) is 4.14. The zero-order valence-electron chi connectivity index (χ0n) is 18.5. The van der Waals surface area contributed by atoms with Crippen LogP contribution in [0.2, 0.25) is 0 Å². The van der Waals surface area contributed by atoms with Gasteiger partial charge in [0.25, 0.3) is 5.91 Å². The summed E-state index contributed by atoms with van der Waals surface area (Å²) in [7, 11) is 1.64. The first-order valence-electron chi connectivity index (χ1n) is 10.8. The summed E-state index contributed by atoms with van der Waals surface area (Å²) < 4.78 is 20.3. The molecule has 1 N–H and O–H groups in total. The lowest BCUT2D eigenvalue weighted by Crippen LogP contribution is -2.31. The van der Waals surface area contributed by atoms with Crippen molar-refractivity contribution in [1.82, 2.24) is 25.2 Å². The van der Waals surface area contributed by atoms with Crippen LogP contribution in [0.5, 0.6) is 0 Å². The molecule has 0 fully saturated rings. The summed E-state index contributed by atoms with van der Waals surface area (Å²) in [5, 5.41) is 11.3. The van der Waals surface area contributed by atoms with Crippen LogP contribution in [-0.2, 0) is 24.2 Å². The van der Waals surface area contributed by atoms with Crippen molar-refractivity contribution in [3.8, 4) is 5.69 Å². The van der Waals surface area contributed by atoms with Crippen molar-refractivity contribution < 1.29 is 13.9 Å². The molecule has 168 valence electrons. The number of halogens is 1. The fraction of sp³-hybridized carbons (Fsp3) is 0.375. The van der Waals surface area contributed by atoms with Gasteiger partial charge < -0.3 is 10.1 Å². The third-order valence-electron chi connectivity index (χ3n) is 5.76. The number of hydrogen-bond donors (Lipinski definition) is 1. The molecule has 2 aromatic carbocycles. The van der Waals surface area contributed by atoms with E-state index in [4.69, 9.17) is 4.74 Å². The minimum absolute atomic E-state index is 0.206. The number of nitrogens with zero attached hydrogens (tertiary/aromatic N) is 4. The van der Waals surface area contributed by atoms with E-state index in [-0.39, 0.29) is 11.7 Å². The van der Waals surface area contributed by atoms with Crippen LogP contribution in [-0.4, -0.2) is 52.6 Å². The lowest BCUT2D eigenvalue weighted by atomic mass is 9.97. The molecular weight excluding hydrogens is 409 g/mol. The summed E-state index contributed by atoms with van der Waals surface area (Å²) in [6, 6.07) is 12.9. The molecule has 7 nitrogen and oxygen atoms in total. The third-order valence-corrected chi connectivity index (χ3v) is 5.76. The highest BCUT2D eigenvalue weighted by molar-refractivity contribution is 5.93. The van der Waals surface area contributed by atoms with Gasteiger partial charge in [-0.2, -0.15) is 0 Å². The van der Waals surface area contributed by atoms with Gasteiger partial charge in [-0.1, -0.05) is 29.5 Å². The summed E-state index contributed by atoms with van der Waals surface area (Å²) in [5.41, 5.74) is 5.40. The van der Waals surface area contributed by atoms with E-state index in [1.54, 1.807) is 23.9 Å². The van der Waals surface area contributed by atoms with Gasteiger partial charge in [0.15, 0.2) is 5.69 Å². The van der Waals surface area contributed by atoms with Gasteiger partial charge in [0.1, 0.15) is 5.82 Å². The molecule has 4 rings (SSSR count). The molecule has 1 aliphatic rings. The average molecular weight is 438 g/mol. The Bertz CT molecular complexity index is 1100. The van der Waals surface area contributed by atoms with E-state index in [1.165, 1.54) is 17.2 Å². The average Bonchev–Trinajstić information content (AvgIpc) is 3.17. The maximum absolute atomic E-state index is 13.5. The number of fused-ring (bicyclic) bond motifs is 1. The van der Waals surface area contributed by atoms with Gasteiger partial charge in [-0.3, -0.25) is 9.69 Å². The molecule has 2 heterocycles.